The summed E-state index contributed by atoms with van der Waals surface area (Å²) in [6.07, 6.45) is -4.70. The van der Waals surface area contributed by atoms with Crippen molar-refractivity contribution >= 4 is 22.7 Å². The molecule has 0 aliphatic rings. The molecule has 0 saturated carbocycles. The van der Waals surface area contributed by atoms with Crippen molar-refractivity contribution < 1.29 is 17.6 Å². The summed E-state index contributed by atoms with van der Waals surface area (Å²) in [5.41, 5.74) is 5.15. The van der Waals surface area contributed by atoms with E-state index >= 15 is 0 Å². The van der Waals surface area contributed by atoms with Crippen molar-refractivity contribution in [1.29, 1.82) is 0 Å². The van der Waals surface area contributed by atoms with E-state index in [1.165, 1.54) is 17.4 Å². The summed E-state index contributed by atoms with van der Waals surface area (Å²) in [5.74, 6) is -1.28. The van der Waals surface area contributed by atoms with Crippen LogP contribution in [0.25, 0.3) is 0 Å². The van der Waals surface area contributed by atoms with Gasteiger partial charge in [-0.2, -0.15) is 13.2 Å². The van der Waals surface area contributed by atoms with Gasteiger partial charge in [-0.05, 0) is 29.6 Å². The predicted molar refractivity (Wildman–Crippen MR) is 67.5 cm³/mol. The van der Waals surface area contributed by atoms with E-state index in [9.17, 15) is 17.6 Å². The number of hydrogen-bond acceptors (Lipinski definition) is 3. The number of alkyl halides is 3. The van der Waals surface area contributed by atoms with Crippen LogP contribution in [0.5, 0.6) is 0 Å². The standard InChI is InChI=1S/C12H10F4N2S/c13-9-2-1-7(5-8(9)12(14,15)16)18-6-11-10(17)3-4-19-11/h1-5,18H,6,17H2. The Bertz CT molecular complexity index is 577. The highest BCUT2D eigenvalue weighted by Gasteiger charge is 2.34. The molecule has 3 N–H and O–H groups in total. The van der Waals surface area contributed by atoms with E-state index in [4.69, 9.17) is 5.73 Å². The number of rotatable bonds is 3. The minimum absolute atomic E-state index is 0.196. The molecule has 0 radical (unpaired) electrons. The quantitative estimate of drug-likeness (QED) is 0.835. The third kappa shape index (κ3) is 3.17. The fraction of sp³-hybridized carbons (Fsp3) is 0.167. The molecule has 1 aromatic carbocycles. The van der Waals surface area contributed by atoms with Crippen LogP contribution in [0.3, 0.4) is 0 Å². The smallest absolute Gasteiger partial charge is 0.398 e. The molecule has 0 aliphatic heterocycles. The van der Waals surface area contributed by atoms with Crippen molar-refractivity contribution in [2.75, 3.05) is 11.1 Å². The molecule has 0 amide bonds. The van der Waals surface area contributed by atoms with Gasteiger partial charge in [0.2, 0.25) is 0 Å². The lowest BCUT2D eigenvalue weighted by atomic mass is 10.2. The van der Waals surface area contributed by atoms with Gasteiger partial charge in [0.05, 0.1) is 12.1 Å². The number of halogens is 4. The summed E-state index contributed by atoms with van der Waals surface area (Å²) in [4.78, 5) is 0.817. The maximum atomic E-state index is 13.1. The second kappa shape index (κ2) is 5.08. The highest BCUT2D eigenvalue weighted by Crippen LogP contribution is 2.33. The number of anilines is 2. The minimum atomic E-state index is -4.70. The number of hydrogen-bond donors (Lipinski definition) is 2. The number of nitrogen functional groups attached to an aromatic ring is 1. The van der Waals surface area contributed by atoms with Crippen LogP contribution in [-0.4, -0.2) is 0 Å². The first-order valence-electron chi connectivity index (χ1n) is 5.30. The first-order valence-corrected chi connectivity index (χ1v) is 6.18. The van der Waals surface area contributed by atoms with E-state index in [1.54, 1.807) is 11.4 Å². The third-order valence-corrected chi connectivity index (χ3v) is 3.44. The Balaban J connectivity index is 2.16. The van der Waals surface area contributed by atoms with Crippen molar-refractivity contribution in [1.82, 2.24) is 0 Å². The maximum absolute atomic E-state index is 13.1. The molecule has 0 aliphatic carbocycles. The molecular weight excluding hydrogens is 280 g/mol. The van der Waals surface area contributed by atoms with Crippen molar-refractivity contribution in [2.45, 2.75) is 12.7 Å². The van der Waals surface area contributed by atoms with Gasteiger partial charge >= 0.3 is 6.18 Å². The molecule has 0 saturated heterocycles. The Labute approximate surface area is 110 Å². The number of nitrogens with one attached hydrogen (secondary N) is 1. The Morgan fingerprint density at radius 1 is 1.21 bits per heavy atom. The third-order valence-electron chi connectivity index (χ3n) is 2.50. The lowest BCUT2D eigenvalue weighted by Gasteiger charge is -2.11. The van der Waals surface area contributed by atoms with Crippen molar-refractivity contribution in [2.24, 2.45) is 0 Å². The Morgan fingerprint density at radius 3 is 2.53 bits per heavy atom. The van der Waals surface area contributed by atoms with Crippen LogP contribution in [0.1, 0.15) is 10.4 Å². The Kier molecular flexibility index (Phi) is 3.66. The molecule has 0 fully saturated rings. The van der Waals surface area contributed by atoms with E-state index in [1.807, 2.05) is 0 Å². The van der Waals surface area contributed by atoms with Gasteiger partial charge in [0.1, 0.15) is 5.82 Å². The Morgan fingerprint density at radius 2 is 1.95 bits per heavy atom. The topological polar surface area (TPSA) is 38.0 Å². The first-order chi connectivity index (χ1) is 8.88. The molecular formula is C12H10F4N2S. The average molecular weight is 290 g/mol. The normalized spacial score (nSPS) is 11.6. The molecule has 7 heteroatoms. The molecule has 0 bridgehead atoms. The summed E-state index contributed by atoms with van der Waals surface area (Å²) in [7, 11) is 0. The Hall–Kier alpha value is -1.76. The SMILES string of the molecule is Nc1ccsc1CNc1ccc(F)c(C(F)(F)F)c1. The van der Waals surface area contributed by atoms with Gasteiger partial charge in [-0.25, -0.2) is 4.39 Å². The molecule has 1 aromatic heterocycles. The van der Waals surface area contributed by atoms with E-state index in [0.29, 0.717) is 12.2 Å². The lowest BCUT2D eigenvalue weighted by molar-refractivity contribution is -0.139. The zero-order chi connectivity index (χ0) is 14.0. The summed E-state index contributed by atoms with van der Waals surface area (Å²) < 4.78 is 50.6. The number of benzene rings is 1. The van der Waals surface area contributed by atoms with Crippen LogP contribution in [0.2, 0.25) is 0 Å². The predicted octanol–water partition coefficient (Wildman–Crippen LogP) is 4.10. The van der Waals surface area contributed by atoms with Crippen LogP contribution < -0.4 is 11.1 Å². The zero-order valence-corrected chi connectivity index (χ0v) is 10.4. The number of thiophene rings is 1. The first kappa shape index (κ1) is 13.7. The maximum Gasteiger partial charge on any atom is 0.419 e. The van der Waals surface area contributed by atoms with Crippen molar-refractivity contribution in [3.05, 3.63) is 45.9 Å². The van der Waals surface area contributed by atoms with E-state index in [2.05, 4.69) is 5.32 Å². The van der Waals surface area contributed by atoms with Crippen molar-refractivity contribution in [3.63, 3.8) is 0 Å². The van der Waals surface area contributed by atoms with Crippen LogP contribution in [0, 0.1) is 5.82 Å². The van der Waals surface area contributed by atoms with Crippen molar-refractivity contribution in [3.8, 4) is 0 Å². The molecule has 2 aromatic rings. The van der Waals surface area contributed by atoms with Gasteiger partial charge in [0.15, 0.2) is 0 Å². The summed E-state index contributed by atoms with van der Waals surface area (Å²) in [6.45, 7) is 0.298. The van der Waals surface area contributed by atoms with Gasteiger partial charge in [-0.15, -0.1) is 11.3 Å². The second-order valence-corrected chi connectivity index (χ2v) is 4.85. The molecule has 2 rings (SSSR count). The van der Waals surface area contributed by atoms with E-state index in [0.717, 1.165) is 17.0 Å². The second-order valence-electron chi connectivity index (χ2n) is 3.85. The lowest BCUT2D eigenvalue weighted by Crippen LogP contribution is -2.09. The van der Waals surface area contributed by atoms with Crippen LogP contribution >= 0.6 is 11.3 Å². The molecule has 19 heavy (non-hydrogen) atoms. The van der Waals surface area contributed by atoms with Gasteiger partial charge in [-0.1, -0.05) is 0 Å². The summed E-state index contributed by atoms with van der Waals surface area (Å²) in [6, 6.07) is 4.52. The molecule has 2 nitrogen and oxygen atoms in total. The molecule has 1 heterocycles. The van der Waals surface area contributed by atoms with Gasteiger partial charge in [-0.3, -0.25) is 0 Å². The van der Waals surface area contributed by atoms with Crippen LogP contribution in [-0.2, 0) is 12.7 Å². The van der Waals surface area contributed by atoms with Crippen LogP contribution in [0.4, 0.5) is 28.9 Å². The molecule has 0 unspecified atom stereocenters. The number of nitrogens with two attached hydrogens (primary N) is 1. The monoisotopic (exact) mass is 290 g/mol. The fourth-order valence-electron chi connectivity index (χ4n) is 1.53. The summed E-state index contributed by atoms with van der Waals surface area (Å²) in [5, 5.41) is 4.58. The fourth-order valence-corrected chi connectivity index (χ4v) is 2.27. The summed E-state index contributed by atoms with van der Waals surface area (Å²) >= 11 is 1.40. The highest BCUT2D eigenvalue weighted by molar-refractivity contribution is 7.10. The molecule has 0 spiro atoms. The average Bonchev–Trinajstić information content (AvgIpc) is 2.72. The minimum Gasteiger partial charge on any atom is -0.398 e. The van der Waals surface area contributed by atoms with Crippen LogP contribution in [0.15, 0.2) is 29.6 Å². The molecule has 102 valence electrons. The van der Waals surface area contributed by atoms with E-state index in [-0.39, 0.29) is 5.69 Å². The largest absolute Gasteiger partial charge is 0.419 e. The van der Waals surface area contributed by atoms with Gasteiger partial charge in [0.25, 0.3) is 0 Å². The van der Waals surface area contributed by atoms with E-state index < -0.39 is 17.6 Å². The van der Waals surface area contributed by atoms with Gasteiger partial charge < -0.3 is 11.1 Å². The zero-order valence-electron chi connectivity index (χ0n) is 9.59. The van der Waals surface area contributed by atoms with Gasteiger partial charge in [0, 0.05) is 16.3 Å². The molecule has 0 atom stereocenters. The highest BCUT2D eigenvalue weighted by atomic mass is 32.1.